The summed E-state index contributed by atoms with van der Waals surface area (Å²) >= 11 is 0. The smallest absolute Gasteiger partial charge is 0.337 e. The zero-order valence-electron chi connectivity index (χ0n) is 12.8. The molecule has 6 nitrogen and oxygen atoms in total. The summed E-state index contributed by atoms with van der Waals surface area (Å²) in [5.41, 5.74) is 12.6. The Morgan fingerprint density at radius 2 is 1.17 bits per heavy atom. The molecule has 0 saturated heterocycles. The van der Waals surface area contributed by atoms with Crippen LogP contribution in [0.2, 0.25) is 0 Å². The molecule has 0 aliphatic rings. The Kier molecular flexibility index (Phi) is 4.01. The fourth-order valence-electron chi connectivity index (χ4n) is 2.43. The molecule has 23 heavy (non-hydrogen) atoms. The van der Waals surface area contributed by atoms with Gasteiger partial charge in [-0.25, -0.2) is 9.59 Å². The monoisotopic (exact) mass is 314 g/mol. The zero-order chi connectivity index (χ0) is 17.4. The molecular weight excluding hydrogens is 296 g/mol. The Bertz CT molecular complexity index is 732. The molecule has 0 saturated carbocycles. The fourth-order valence-corrected chi connectivity index (χ4v) is 2.43. The van der Waals surface area contributed by atoms with E-state index in [4.69, 9.17) is 11.5 Å². The lowest BCUT2D eigenvalue weighted by atomic mass is 9.77. The van der Waals surface area contributed by atoms with Gasteiger partial charge in [-0.1, -0.05) is 26.0 Å². The minimum Gasteiger partial charge on any atom is -0.478 e. The van der Waals surface area contributed by atoms with Gasteiger partial charge in [0.25, 0.3) is 0 Å². The minimum atomic E-state index is -1.11. The molecule has 0 aliphatic carbocycles. The largest absolute Gasteiger partial charge is 0.478 e. The van der Waals surface area contributed by atoms with E-state index in [1.807, 2.05) is 13.8 Å². The highest BCUT2D eigenvalue weighted by atomic mass is 16.4. The Hall–Kier alpha value is -3.02. The van der Waals surface area contributed by atoms with Crippen molar-refractivity contribution < 1.29 is 19.8 Å². The number of nitrogens with two attached hydrogens (primary N) is 2. The van der Waals surface area contributed by atoms with Crippen molar-refractivity contribution in [1.82, 2.24) is 0 Å². The van der Waals surface area contributed by atoms with Crippen molar-refractivity contribution in [3.63, 3.8) is 0 Å². The van der Waals surface area contributed by atoms with Gasteiger partial charge in [0.15, 0.2) is 0 Å². The predicted molar refractivity (Wildman–Crippen MR) is 87.8 cm³/mol. The van der Waals surface area contributed by atoms with Crippen molar-refractivity contribution in [2.45, 2.75) is 19.3 Å². The molecule has 0 bridgehead atoms. The Labute approximate surface area is 133 Å². The first kappa shape index (κ1) is 16.4. The van der Waals surface area contributed by atoms with Crippen molar-refractivity contribution in [1.29, 1.82) is 0 Å². The third-order valence-corrected chi connectivity index (χ3v) is 4.01. The van der Waals surface area contributed by atoms with Crippen LogP contribution in [0, 0.1) is 0 Å². The molecule has 120 valence electrons. The molecule has 6 heteroatoms. The van der Waals surface area contributed by atoms with Gasteiger partial charge in [0, 0.05) is 16.8 Å². The van der Waals surface area contributed by atoms with Crippen LogP contribution in [-0.2, 0) is 5.41 Å². The quantitative estimate of drug-likeness (QED) is 0.642. The van der Waals surface area contributed by atoms with Crippen LogP contribution in [0.25, 0.3) is 0 Å². The summed E-state index contributed by atoms with van der Waals surface area (Å²) in [7, 11) is 0. The average molecular weight is 314 g/mol. The zero-order valence-corrected chi connectivity index (χ0v) is 12.8. The number of rotatable bonds is 4. The summed E-state index contributed by atoms with van der Waals surface area (Å²) in [4.78, 5) is 22.5. The molecule has 2 rings (SSSR count). The molecule has 0 fully saturated rings. The maximum atomic E-state index is 11.3. The van der Waals surface area contributed by atoms with Crippen LogP contribution in [0.4, 0.5) is 11.4 Å². The molecule has 0 amide bonds. The van der Waals surface area contributed by atoms with E-state index in [0.29, 0.717) is 11.1 Å². The van der Waals surface area contributed by atoms with Gasteiger partial charge >= 0.3 is 11.9 Å². The molecule has 6 N–H and O–H groups in total. The Morgan fingerprint density at radius 1 is 0.826 bits per heavy atom. The topological polar surface area (TPSA) is 127 Å². The maximum Gasteiger partial charge on any atom is 0.337 e. The number of hydrogen-bond acceptors (Lipinski definition) is 4. The van der Waals surface area contributed by atoms with Gasteiger partial charge in [-0.3, -0.25) is 0 Å². The average Bonchev–Trinajstić information content (AvgIpc) is 2.47. The predicted octanol–water partition coefficient (Wildman–Crippen LogP) is 2.57. The first-order valence-electron chi connectivity index (χ1n) is 6.91. The number of nitrogen functional groups attached to an aromatic ring is 2. The first-order chi connectivity index (χ1) is 10.6. The number of carbonyl (C=O) groups is 2. The normalized spacial score (nSPS) is 11.2. The van der Waals surface area contributed by atoms with Gasteiger partial charge in [0.05, 0.1) is 11.1 Å². The van der Waals surface area contributed by atoms with Gasteiger partial charge in [-0.15, -0.1) is 0 Å². The Balaban J connectivity index is 2.58. The molecule has 0 unspecified atom stereocenters. The number of carboxylic acids is 2. The standard InChI is InChI=1S/C17H18N2O4/c1-17(2,9-3-5-13(18)11(7-9)15(20)21)10-4-6-14(19)12(8-10)16(22)23/h3-8H,18-19H2,1-2H3,(H,20,21)(H,22,23). The summed E-state index contributed by atoms with van der Waals surface area (Å²) in [6.07, 6.45) is 0. The van der Waals surface area contributed by atoms with Crippen LogP contribution in [0.5, 0.6) is 0 Å². The van der Waals surface area contributed by atoms with E-state index in [1.54, 1.807) is 12.1 Å². The third-order valence-electron chi connectivity index (χ3n) is 4.01. The lowest BCUT2D eigenvalue weighted by Gasteiger charge is -2.27. The van der Waals surface area contributed by atoms with Crippen molar-refractivity contribution >= 4 is 23.3 Å². The van der Waals surface area contributed by atoms with Crippen LogP contribution in [0.1, 0.15) is 45.7 Å². The van der Waals surface area contributed by atoms with Crippen LogP contribution < -0.4 is 11.5 Å². The summed E-state index contributed by atoms with van der Waals surface area (Å²) in [6, 6.07) is 9.56. The van der Waals surface area contributed by atoms with Crippen molar-refractivity contribution in [3.8, 4) is 0 Å². The summed E-state index contributed by atoms with van der Waals surface area (Å²) in [5, 5.41) is 18.4. The molecule has 0 aromatic heterocycles. The highest BCUT2D eigenvalue weighted by Gasteiger charge is 2.26. The molecular formula is C17H18N2O4. The molecule has 0 heterocycles. The number of hydrogen-bond donors (Lipinski definition) is 4. The van der Waals surface area contributed by atoms with Crippen molar-refractivity contribution in [2.75, 3.05) is 11.5 Å². The second kappa shape index (κ2) is 5.64. The molecule has 0 aliphatic heterocycles. The van der Waals surface area contributed by atoms with Crippen LogP contribution >= 0.6 is 0 Å². The lowest BCUT2D eigenvalue weighted by Crippen LogP contribution is -2.21. The van der Waals surface area contributed by atoms with E-state index in [1.165, 1.54) is 24.3 Å². The molecule has 0 spiro atoms. The lowest BCUT2D eigenvalue weighted by molar-refractivity contribution is 0.0687. The van der Waals surface area contributed by atoms with Gasteiger partial charge in [-0.05, 0) is 35.4 Å². The van der Waals surface area contributed by atoms with E-state index in [0.717, 1.165) is 0 Å². The highest BCUT2D eigenvalue weighted by Crippen LogP contribution is 2.34. The molecule has 0 atom stereocenters. The summed E-state index contributed by atoms with van der Waals surface area (Å²) < 4.78 is 0. The van der Waals surface area contributed by atoms with Crippen molar-refractivity contribution in [3.05, 3.63) is 58.7 Å². The Morgan fingerprint density at radius 3 is 1.48 bits per heavy atom. The number of aromatic carboxylic acids is 2. The van der Waals surface area contributed by atoms with E-state index in [2.05, 4.69) is 0 Å². The van der Waals surface area contributed by atoms with Crippen LogP contribution in [-0.4, -0.2) is 22.2 Å². The van der Waals surface area contributed by atoms with E-state index >= 15 is 0 Å². The molecule has 2 aromatic carbocycles. The maximum absolute atomic E-state index is 11.3. The second-order valence-electron chi connectivity index (χ2n) is 5.84. The summed E-state index contributed by atoms with van der Waals surface area (Å²) in [6.45, 7) is 3.75. The number of anilines is 2. The molecule has 2 aromatic rings. The van der Waals surface area contributed by atoms with Crippen LogP contribution in [0.15, 0.2) is 36.4 Å². The SMILES string of the molecule is CC(C)(c1ccc(N)c(C(=O)O)c1)c1ccc(N)c(C(=O)O)c1. The minimum absolute atomic E-state index is 0.0180. The van der Waals surface area contributed by atoms with E-state index in [-0.39, 0.29) is 22.5 Å². The van der Waals surface area contributed by atoms with Crippen molar-refractivity contribution in [2.24, 2.45) is 0 Å². The van der Waals surface area contributed by atoms with Gasteiger partial charge in [-0.2, -0.15) is 0 Å². The number of benzene rings is 2. The first-order valence-corrected chi connectivity index (χ1v) is 6.91. The van der Waals surface area contributed by atoms with Gasteiger partial charge < -0.3 is 21.7 Å². The molecule has 0 radical (unpaired) electrons. The summed E-state index contributed by atoms with van der Waals surface area (Å²) in [5.74, 6) is -2.22. The van der Waals surface area contributed by atoms with E-state index < -0.39 is 17.4 Å². The fraction of sp³-hybridized carbons (Fsp3) is 0.176. The second-order valence-corrected chi connectivity index (χ2v) is 5.84. The van der Waals surface area contributed by atoms with Crippen LogP contribution in [0.3, 0.4) is 0 Å². The van der Waals surface area contributed by atoms with Gasteiger partial charge in [0.2, 0.25) is 0 Å². The number of carboxylic acid groups (broad SMARTS) is 2. The third kappa shape index (κ3) is 2.96. The van der Waals surface area contributed by atoms with E-state index in [9.17, 15) is 19.8 Å². The highest BCUT2D eigenvalue weighted by molar-refractivity contribution is 5.94. The van der Waals surface area contributed by atoms with Gasteiger partial charge in [0.1, 0.15) is 0 Å².